The summed E-state index contributed by atoms with van der Waals surface area (Å²) in [6.45, 7) is 1.69. The van der Waals surface area contributed by atoms with Gasteiger partial charge in [-0.15, -0.1) is 0 Å². The molecule has 0 atom stereocenters. The molecule has 3 heterocycles. The molecule has 0 radical (unpaired) electrons. The largest absolute Gasteiger partial charge is 0.459 e. The molecule has 6 nitrogen and oxygen atoms in total. The molecule has 3 aromatic rings. The van der Waals surface area contributed by atoms with E-state index in [0.29, 0.717) is 6.01 Å². The van der Waals surface area contributed by atoms with Gasteiger partial charge in [0.15, 0.2) is 5.58 Å². The number of benzene rings is 1. The molecule has 1 saturated heterocycles. The highest BCUT2D eigenvalue weighted by molar-refractivity contribution is 5.75. The van der Waals surface area contributed by atoms with Crippen molar-refractivity contribution in [1.82, 2.24) is 9.97 Å². The molecule has 4 rings (SSSR count). The van der Waals surface area contributed by atoms with E-state index in [-0.39, 0.29) is 18.5 Å². The molecule has 2 aromatic heterocycles. The van der Waals surface area contributed by atoms with E-state index in [0.717, 1.165) is 42.7 Å². The average molecular weight is 337 g/mol. The Morgan fingerprint density at radius 1 is 1.16 bits per heavy atom. The maximum absolute atomic E-state index is 12.2. The van der Waals surface area contributed by atoms with Crippen LogP contribution >= 0.6 is 0 Å². The molecule has 0 saturated carbocycles. The van der Waals surface area contributed by atoms with Crippen molar-refractivity contribution in [3.05, 3.63) is 54.4 Å². The fraction of sp³-hybridized carbons (Fsp3) is 0.316. The number of hydrogen-bond donors (Lipinski definition) is 0. The van der Waals surface area contributed by atoms with Crippen LogP contribution in [-0.2, 0) is 16.1 Å². The summed E-state index contributed by atoms with van der Waals surface area (Å²) in [6.07, 6.45) is 3.17. The van der Waals surface area contributed by atoms with Crippen LogP contribution in [0, 0.1) is 5.92 Å². The number of oxazole rings is 1. The summed E-state index contributed by atoms with van der Waals surface area (Å²) in [5, 5.41) is 0. The molecule has 0 aliphatic carbocycles. The second kappa shape index (κ2) is 6.93. The Kier molecular flexibility index (Phi) is 4.33. The molecule has 128 valence electrons. The average Bonchev–Trinajstić information content (AvgIpc) is 3.11. The molecule has 0 amide bonds. The van der Waals surface area contributed by atoms with Gasteiger partial charge in [0.2, 0.25) is 0 Å². The summed E-state index contributed by atoms with van der Waals surface area (Å²) >= 11 is 0. The lowest BCUT2D eigenvalue weighted by molar-refractivity contribution is -0.150. The van der Waals surface area contributed by atoms with Crippen molar-refractivity contribution in [3.8, 4) is 0 Å². The summed E-state index contributed by atoms with van der Waals surface area (Å²) in [6, 6.07) is 13.9. The summed E-state index contributed by atoms with van der Waals surface area (Å²) in [4.78, 5) is 23.0. The lowest BCUT2D eigenvalue weighted by Crippen LogP contribution is -2.37. The van der Waals surface area contributed by atoms with Crippen molar-refractivity contribution in [2.45, 2.75) is 19.4 Å². The summed E-state index contributed by atoms with van der Waals surface area (Å²) in [5.41, 5.74) is 2.41. The van der Waals surface area contributed by atoms with Crippen LogP contribution in [0.4, 0.5) is 6.01 Å². The Labute approximate surface area is 145 Å². The molecule has 0 bridgehead atoms. The number of rotatable bonds is 4. The van der Waals surface area contributed by atoms with Gasteiger partial charge in [-0.3, -0.25) is 9.78 Å². The van der Waals surface area contributed by atoms with Gasteiger partial charge in [-0.2, -0.15) is 4.98 Å². The van der Waals surface area contributed by atoms with E-state index in [1.54, 1.807) is 6.20 Å². The fourth-order valence-electron chi connectivity index (χ4n) is 3.05. The Hall–Kier alpha value is -2.89. The van der Waals surface area contributed by atoms with Gasteiger partial charge in [0, 0.05) is 19.3 Å². The zero-order valence-electron chi connectivity index (χ0n) is 13.8. The van der Waals surface area contributed by atoms with Crippen LogP contribution in [0.5, 0.6) is 0 Å². The minimum Gasteiger partial charge on any atom is -0.459 e. The second-order valence-electron chi connectivity index (χ2n) is 6.15. The zero-order valence-corrected chi connectivity index (χ0v) is 13.8. The predicted octanol–water partition coefficient (Wildman–Crippen LogP) is 3.18. The third kappa shape index (κ3) is 3.47. The van der Waals surface area contributed by atoms with E-state index in [2.05, 4.69) is 14.9 Å². The van der Waals surface area contributed by atoms with Crippen LogP contribution in [0.25, 0.3) is 11.1 Å². The van der Waals surface area contributed by atoms with E-state index < -0.39 is 0 Å². The van der Waals surface area contributed by atoms with Gasteiger partial charge in [-0.05, 0) is 37.1 Å². The molecule has 0 N–H and O–H groups in total. The Balaban J connectivity index is 1.32. The van der Waals surface area contributed by atoms with Crippen molar-refractivity contribution >= 4 is 23.1 Å². The van der Waals surface area contributed by atoms with Crippen LogP contribution in [0.2, 0.25) is 0 Å². The molecule has 1 fully saturated rings. The van der Waals surface area contributed by atoms with Gasteiger partial charge in [-0.1, -0.05) is 18.2 Å². The Bertz CT molecular complexity index is 821. The van der Waals surface area contributed by atoms with Crippen LogP contribution < -0.4 is 4.90 Å². The number of aromatic nitrogens is 2. The van der Waals surface area contributed by atoms with Gasteiger partial charge in [-0.25, -0.2) is 0 Å². The van der Waals surface area contributed by atoms with Gasteiger partial charge >= 0.3 is 5.97 Å². The van der Waals surface area contributed by atoms with Crippen LogP contribution in [0.3, 0.4) is 0 Å². The third-order valence-electron chi connectivity index (χ3n) is 4.47. The number of carbonyl (C=O) groups is 1. The first kappa shape index (κ1) is 15.6. The third-order valence-corrected chi connectivity index (χ3v) is 4.47. The maximum Gasteiger partial charge on any atom is 0.309 e. The van der Waals surface area contributed by atoms with E-state index in [1.807, 2.05) is 42.5 Å². The van der Waals surface area contributed by atoms with Crippen molar-refractivity contribution in [3.63, 3.8) is 0 Å². The molecular weight excluding hydrogens is 318 g/mol. The number of fused-ring (bicyclic) bond motifs is 1. The van der Waals surface area contributed by atoms with E-state index >= 15 is 0 Å². The molecule has 1 aliphatic rings. The monoisotopic (exact) mass is 337 g/mol. The van der Waals surface area contributed by atoms with Gasteiger partial charge < -0.3 is 14.1 Å². The van der Waals surface area contributed by atoms with Crippen molar-refractivity contribution in [1.29, 1.82) is 0 Å². The Morgan fingerprint density at radius 3 is 2.72 bits per heavy atom. The normalized spacial score (nSPS) is 15.4. The molecule has 6 heteroatoms. The highest BCUT2D eigenvalue weighted by Crippen LogP contribution is 2.26. The van der Waals surface area contributed by atoms with Crippen LogP contribution in [-0.4, -0.2) is 29.0 Å². The summed E-state index contributed by atoms with van der Waals surface area (Å²) in [7, 11) is 0. The number of ether oxygens (including phenoxy) is 1. The number of para-hydroxylation sites is 2. The van der Waals surface area contributed by atoms with Crippen LogP contribution in [0.15, 0.2) is 53.1 Å². The van der Waals surface area contributed by atoms with Crippen LogP contribution in [0.1, 0.15) is 18.5 Å². The Morgan fingerprint density at radius 2 is 1.96 bits per heavy atom. The smallest absolute Gasteiger partial charge is 0.309 e. The first-order chi connectivity index (χ1) is 12.3. The van der Waals surface area contributed by atoms with Gasteiger partial charge in [0.25, 0.3) is 6.01 Å². The number of piperidine rings is 1. The lowest BCUT2D eigenvalue weighted by atomic mass is 9.97. The molecule has 25 heavy (non-hydrogen) atoms. The topological polar surface area (TPSA) is 68.5 Å². The van der Waals surface area contributed by atoms with Gasteiger partial charge in [0.1, 0.15) is 12.1 Å². The lowest BCUT2D eigenvalue weighted by Gasteiger charge is -2.29. The molecule has 1 aromatic carbocycles. The highest BCUT2D eigenvalue weighted by atomic mass is 16.5. The molecule has 0 spiro atoms. The maximum atomic E-state index is 12.2. The molecule has 0 unspecified atom stereocenters. The predicted molar refractivity (Wildman–Crippen MR) is 93.0 cm³/mol. The second-order valence-corrected chi connectivity index (χ2v) is 6.15. The highest BCUT2D eigenvalue weighted by Gasteiger charge is 2.28. The van der Waals surface area contributed by atoms with Crippen molar-refractivity contribution in [2.75, 3.05) is 18.0 Å². The number of hydrogen-bond acceptors (Lipinski definition) is 6. The fourth-order valence-corrected chi connectivity index (χ4v) is 3.05. The first-order valence-corrected chi connectivity index (χ1v) is 8.47. The van der Waals surface area contributed by atoms with Gasteiger partial charge in [0.05, 0.1) is 11.6 Å². The SMILES string of the molecule is O=C(OCc1ccccn1)C1CCN(c2nc3ccccc3o2)CC1. The quantitative estimate of drug-likeness (QED) is 0.681. The number of anilines is 1. The van der Waals surface area contributed by atoms with E-state index in [1.165, 1.54) is 0 Å². The summed E-state index contributed by atoms with van der Waals surface area (Å²) in [5.74, 6) is -0.229. The van der Waals surface area contributed by atoms with Crippen molar-refractivity contribution in [2.24, 2.45) is 5.92 Å². The number of esters is 1. The van der Waals surface area contributed by atoms with E-state index in [9.17, 15) is 4.79 Å². The zero-order chi connectivity index (χ0) is 17.1. The van der Waals surface area contributed by atoms with E-state index in [4.69, 9.17) is 9.15 Å². The van der Waals surface area contributed by atoms with Crippen molar-refractivity contribution < 1.29 is 13.9 Å². The number of carbonyl (C=O) groups excluding carboxylic acids is 1. The number of pyridine rings is 1. The first-order valence-electron chi connectivity index (χ1n) is 8.47. The molecular formula is C19H19N3O3. The standard InChI is InChI=1S/C19H19N3O3/c23-18(24-13-15-5-3-4-10-20-15)14-8-11-22(12-9-14)19-21-16-6-1-2-7-17(16)25-19/h1-7,10,14H,8-9,11-13H2. The number of nitrogens with zero attached hydrogens (tertiary/aromatic N) is 3. The summed E-state index contributed by atoms with van der Waals surface area (Å²) < 4.78 is 11.2. The minimum atomic E-state index is -0.150. The molecule has 1 aliphatic heterocycles. The minimum absolute atomic E-state index is 0.0793.